The molecular weight excluding hydrogens is 540 g/mol. The van der Waals surface area contributed by atoms with Crippen molar-refractivity contribution in [3.63, 3.8) is 0 Å². The Hall–Kier alpha value is -5.97. The Labute approximate surface area is 235 Å². The lowest BCUT2D eigenvalue weighted by atomic mass is 9.92. The van der Waals surface area contributed by atoms with E-state index in [-0.39, 0.29) is 34.2 Å². The molecule has 0 N–H and O–H groups in total. The van der Waals surface area contributed by atoms with Gasteiger partial charge in [0.25, 0.3) is 23.2 Å². The fourth-order valence-electron chi connectivity index (χ4n) is 5.70. The highest BCUT2D eigenvalue weighted by Crippen LogP contribution is 2.37. The van der Waals surface area contributed by atoms with Gasteiger partial charge in [-0.25, -0.2) is 0 Å². The van der Waals surface area contributed by atoms with Gasteiger partial charge in [-0.3, -0.25) is 34.7 Å². The van der Waals surface area contributed by atoms with Crippen LogP contribution in [0.1, 0.15) is 37.7 Å². The molecule has 0 saturated carbocycles. The molecule has 1 aliphatic rings. The number of rotatable bonds is 6. The lowest BCUT2D eigenvalue weighted by molar-refractivity contribution is -0.385. The maximum absolute atomic E-state index is 13.5. The van der Waals surface area contributed by atoms with Crippen LogP contribution in [0.2, 0.25) is 0 Å². The van der Waals surface area contributed by atoms with Crippen LogP contribution in [-0.4, -0.2) is 31.7 Å². The van der Waals surface area contributed by atoms with Crippen molar-refractivity contribution in [2.24, 2.45) is 0 Å². The maximum Gasteiger partial charge on any atom is 0.270 e. The van der Waals surface area contributed by atoms with E-state index in [1.807, 2.05) is 36.4 Å². The molecule has 204 valence electrons. The number of benzene rings is 5. The molecule has 1 aliphatic heterocycles. The number of hydrogen-bond acceptors (Lipinski definition) is 8. The summed E-state index contributed by atoms with van der Waals surface area (Å²) in [5.74, 6) is -1.32. The van der Waals surface area contributed by atoms with Crippen LogP contribution in [0.3, 0.4) is 0 Å². The Bertz CT molecular complexity index is 2100. The van der Waals surface area contributed by atoms with Gasteiger partial charge in [0.2, 0.25) is 0 Å². The van der Waals surface area contributed by atoms with Crippen LogP contribution in [0.25, 0.3) is 32.3 Å². The third-order valence-electron chi connectivity index (χ3n) is 7.54. The van der Waals surface area contributed by atoms with E-state index in [0.29, 0.717) is 12.1 Å². The van der Waals surface area contributed by atoms with Gasteiger partial charge in [-0.2, -0.15) is 0 Å². The largest absolute Gasteiger partial charge is 0.359 e. The molecule has 0 unspecified atom stereocenters. The summed E-state index contributed by atoms with van der Waals surface area (Å²) in [6.07, 6.45) is 0.428. The van der Waals surface area contributed by atoms with Gasteiger partial charge >= 0.3 is 0 Å². The van der Waals surface area contributed by atoms with Crippen molar-refractivity contribution in [3.8, 4) is 0 Å². The van der Waals surface area contributed by atoms with Crippen LogP contribution in [0.4, 0.5) is 11.4 Å². The minimum absolute atomic E-state index is 0.0642. The summed E-state index contributed by atoms with van der Waals surface area (Å²) in [5, 5.41) is 31.8. The van der Waals surface area contributed by atoms with Crippen LogP contribution in [0.5, 0.6) is 0 Å². The first kappa shape index (κ1) is 25.0. The third-order valence-corrected chi connectivity index (χ3v) is 7.54. The molecule has 0 atom stereocenters. The summed E-state index contributed by atoms with van der Waals surface area (Å²) in [6.45, 7) is -0.310. The van der Waals surface area contributed by atoms with Gasteiger partial charge in [0.15, 0.2) is 5.76 Å². The van der Waals surface area contributed by atoms with Crippen molar-refractivity contribution >= 4 is 55.5 Å². The lowest BCUT2D eigenvalue weighted by Gasteiger charge is -2.26. The van der Waals surface area contributed by atoms with E-state index >= 15 is 0 Å². The molecule has 0 bridgehead atoms. The van der Waals surface area contributed by atoms with Gasteiger partial charge < -0.3 is 4.52 Å². The van der Waals surface area contributed by atoms with Crippen molar-refractivity contribution in [1.29, 1.82) is 0 Å². The highest BCUT2D eigenvalue weighted by atomic mass is 16.6. The quantitative estimate of drug-likeness (QED) is 0.0995. The predicted octanol–water partition coefficient (Wildman–Crippen LogP) is 6.34. The predicted molar refractivity (Wildman–Crippen MR) is 152 cm³/mol. The number of imide groups is 1. The molecule has 2 amide bonds. The lowest BCUT2D eigenvalue weighted by Crippen LogP contribution is -2.39. The SMILES string of the molecule is O=C1c2cc([N+](=O)[O-])cc3cc([N+](=O)[O-])cc(c23)C(=O)N1Cc1cc(Cc2cc3ccccc3c3ccccc23)no1. The Balaban J connectivity index is 1.24. The molecule has 0 saturated heterocycles. The molecule has 1 aromatic heterocycles. The van der Waals surface area contributed by atoms with E-state index in [0.717, 1.165) is 56.3 Å². The molecule has 0 aliphatic carbocycles. The molecule has 6 aromatic rings. The zero-order chi connectivity index (χ0) is 29.1. The second kappa shape index (κ2) is 9.30. The van der Waals surface area contributed by atoms with E-state index in [1.165, 1.54) is 0 Å². The summed E-state index contributed by atoms with van der Waals surface area (Å²) < 4.78 is 5.51. The number of carbonyl (C=O) groups excluding carboxylic acids is 2. The van der Waals surface area contributed by atoms with E-state index < -0.39 is 33.0 Å². The standard InChI is InChI=1S/C31H18N4O7/c36-30-27-14-21(34(38)39)11-19-12-22(35(40)41)15-28(29(19)27)31(37)33(30)16-23-13-20(32-42-23)10-18-9-17-5-1-2-6-24(17)26-8-4-3-7-25(18)26/h1-9,11-15H,10,16H2. The summed E-state index contributed by atoms with van der Waals surface area (Å²) in [5.41, 5.74) is 0.579. The summed E-state index contributed by atoms with van der Waals surface area (Å²) in [6, 6.07) is 24.3. The molecule has 7 rings (SSSR count). The van der Waals surface area contributed by atoms with Crippen LogP contribution in [-0.2, 0) is 13.0 Å². The zero-order valence-corrected chi connectivity index (χ0v) is 21.6. The molecule has 11 nitrogen and oxygen atoms in total. The Morgan fingerprint density at radius 2 is 1.31 bits per heavy atom. The van der Waals surface area contributed by atoms with Gasteiger partial charge in [0.1, 0.15) is 0 Å². The summed E-state index contributed by atoms with van der Waals surface area (Å²) >= 11 is 0. The molecule has 42 heavy (non-hydrogen) atoms. The number of aromatic nitrogens is 1. The number of hydrogen-bond donors (Lipinski definition) is 0. The molecule has 0 radical (unpaired) electrons. The van der Waals surface area contributed by atoms with Crippen molar-refractivity contribution in [1.82, 2.24) is 10.1 Å². The van der Waals surface area contributed by atoms with Crippen molar-refractivity contribution < 1.29 is 24.0 Å². The number of fused-ring (bicyclic) bond motifs is 3. The highest BCUT2D eigenvalue weighted by molar-refractivity contribution is 6.26. The number of amides is 2. The molecule has 2 heterocycles. The summed E-state index contributed by atoms with van der Waals surface area (Å²) in [7, 11) is 0. The number of nitrogens with zero attached hydrogens (tertiary/aromatic N) is 4. The van der Waals surface area contributed by atoms with Crippen molar-refractivity contribution in [2.45, 2.75) is 13.0 Å². The number of carbonyl (C=O) groups is 2. The molecule has 5 aromatic carbocycles. The number of nitro groups is 2. The van der Waals surface area contributed by atoms with Crippen LogP contribution in [0, 0.1) is 20.2 Å². The average molecular weight is 559 g/mol. The fourth-order valence-corrected chi connectivity index (χ4v) is 5.70. The van der Waals surface area contributed by atoms with E-state index in [4.69, 9.17) is 4.52 Å². The summed E-state index contributed by atoms with van der Waals surface area (Å²) in [4.78, 5) is 49.5. The molecular formula is C31H18N4O7. The van der Waals surface area contributed by atoms with Gasteiger partial charge in [0.05, 0.1) is 33.2 Å². The molecule has 11 heteroatoms. The smallest absolute Gasteiger partial charge is 0.270 e. The topological polar surface area (TPSA) is 150 Å². The van der Waals surface area contributed by atoms with E-state index in [9.17, 15) is 29.8 Å². The first-order chi connectivity index (χ1) is 20.3. The normalized spacial score (nSPS) is 12.9. The van der Waals surface area contributed by atoms with Crippen LogP contribution >= 0.6 is 0 Å². The first-order valence-corrected chi connectivity index (χ1v) is 12.9. The van der Waals surface area contributed by atoms with E-state index in [2.05, 4.69) is 23.4 Å². The third kappa shape index (κ3) is 3.94. The van der Waals surface area contributed by atoms with Crippen LogP contribution in [0.15, 0.2) is 89.5 Å². The zero-order valence-electron chi connectivity index (χ0n) is 21.6. The Kier molecular flexibility index (Phi) is 5.54. The minimum Gasteiger partial charge on any atom is -0.359 e. The first-order valence-electron chi connectivity index (χ1n) is 12.9. The van der Waals surface area contributed by atoms with Gasteiger partial charge in [0, 0.05) is 42.1 Å². The Morgan fingerprint density at radius 3 is 1.95 bits per heavy atom. The molecule has 0 spiro atoms. The maximum atomic E-state index is 13.5. The Morgan fingerprint density at radius 1 is 0.714 bits per heavy atom. The van der Waals surface area contributed by atoms with Gasteiger partial charge in [-0.05, 0) is 32.5 Å². The second-order valence-corrected chi connectivity index (χ2v) is 10.1. The van der Waals surface area contributed by atoms with Crippen molar-refractivity contribution in [2.75, 3.05) is 0 Å². The van der Waals surface area contributed by atoms with Crippen molar-refractivity contribution in [3.05, 3.63) is 133 Å². The minimum atomic E-state index is -0.770. The number of nitro benzene ring substituents is 2. The van der Waals surface area contributed by atoms with Gasteiger partial charge in [-0.1, -0.05) is 59.8 Å². The van der Waals surface area contributed by atoms with Gasteiger partial charge in [-0.15, -0.1) is 0 Å². The van der Waals surface area contributed by atoms with Crippen LogP contribution < -0.4 is 0 Å². The van der Waals surface area contributed by atoms with E-state index in [1.54, 1.807) is 6.07 Å². The second-order valence-electron chi connectivity index (χ2n) is 10.1. The highest BCUT2D eigenvalue weighted by Gasteiger charge is 2.36. The average Bonchev–Trinajstić information content (AvgIpc) is 3.44. The molecule has 0 fully saturated rings. The monoisotopic (exact) mass is 558 g/mol. The fraction of sp³-hybridized carbons (Fsp3) is 0.0645. The number of non-ortho nitro benzene ring substituents is 2.